The Hall–Kier alpha value is -0.830. The third kappa shape index (κ3) is 3.35. The Balaban J connectivity index is 1.91. The summed E-state index contributed by atoms with van der Waals surface area (Å²) in [7, 11) is 0. The van der Waals surface area contributed by atoms with Crippen molar-refractivity contribution in [2.24, 2.45) is 5.41 Å². The van der Waals surface area contributed by atoms with Crippen LogP contribution >= 0.6 is 15.9 Å². The smallest absolute Gasteiger partial charge is 0.226 e. The normalized spacial score (nSPS) is 18.3. The van der Waals surface area contributed by atoms with Gasteiger partial charge in [0.25, 0.3) is 0 Å². The Morgan fingerprint density at radius 2 is 2.06 bits per heavy atom. The molecule has 1 aromatic rings. The van der Waals surface area contributed by atoms with Gasteiger partial charge in [-0.3, -0.25) is 4.79 Å². The van der Waals surface area contributed by atoms with E-state index in [1.165, 1.54) is 19.3 Å². The molecule has 98 valence electrons. The predicted octanol–water partition coefficient (Wildman–Crippen LogP) is 4.04. The molecule has 1 N–H and O–H groups in total. The van der Waals surface area contributed by atoms with Crippen molar-refractivity contribution in [2.75, 3.05) is 0 Å². The first kappa shape index (κ1) is 13.6. The number of benzene rings is 1. The van der Waals surface area contributed by atoms with Gasteiger partial charge >= 0.3 is 0 Å². The largest absolute Gasteiger partial charge is 0.352 e. The molecule has 1 aromatic carbocycles. The molecule has 1 fully saturated rings. The van der Waals surface area contributed by atoms with Crippen molar-refractivity contribution < 1.29 is 4.79 Å². The average molecular weight is 310 g/mol. The minimum Gasteiger partial charge on any atom is -0.352 e. The lowest BCUT2D eigenvalue weighted by molar-refractivity contribution is -0.132. The standard InChI is InChI=1S/C15H20BrNO/c1-15(8-3-2-4-9-15)14(18)17-11-12-6-5-7-13(16)10-12/h5-7,10H,2-4,8-9,11H2,1H3,(H,17,18). The molecule has 0 saturated heterocycles. The Morgan fingerprint density at radius 1 is 1.33 bits per heavy atom. The van der Waals surface area contributed by atoms with Crippen LogP contribution in [-0.2, 0) is 11.3 Å². The molecule has 2 nitrogen and oxygen atoms in total. The molecule has 0 aromatic heterocycles. The summed E-state index contributed by atoms with van der Waals surface area (Å²) in [4.78, 5) is 12.3. The molecule has 0 atom stereocenters. The second-order valence-corrected chi connectivity index (χ2v) is 6.35. The van der Waals surface area contributed by atoms with Crippen molar-refractivity contribution in [2.45, 2.75) is 45.6 Å². The maximum atomic E-state index is 12.3. The minimum absolute atomic E-state index is 0.149. The first-order chi connectivity index (χ1) is 8.60. The number of carbonyl (C=O) groups excluding carboxylic acids is 1. The molecule has 0 heterocycles. The average Bonchev–Trinajstić information content (AvgIpc) is 2.37. The number of halogens is 1. The van der Waals surface area contributed by atoms with Crippen LogP contribution < -0.4 is 5.32 Å². The fourth-order valence-electron chi connectivity index (χ4n) is 2.60. The summed E-state index contributed by atoms with van der Waals surface area (Å²) in [5.41, 5.74) is 0.988. The van der Waals surface area contributed by atoms with Gasteiger partial charge in [-0.25, -0.2) is 0 Å². The molecule has 0 spiro atoms. The van der Waals surface area contributed by atoms with E-state index in [-0.39, 0.29) is 11.3 Å². The van der Waals surface area contributed by atoms with Gasteiger partial charge in [0.05, 0.1) is 0 Å². The van der Waals surface area contributed by atoms with Crippen molar-refractivity contribution in [3.63, 3.8) is 0 Å². The lowest BCUT2D eigenvalue weighted by Gasteiger charge is -2.32. The summed E-state index contributed by atoms with van der Waals surface area (Å²) in [6.07, 6.45) is 5.69. The second-order valence-electron chi connectivity index (χ2n) is 5.43. The SMILES string of the molecule is CC1(C(=O)NCc2cccc(Br)c2)CCCCC1. The summed E-state index contributed by atoms with van der Waals surface area (Å²) >= 11 is 3.44. The van der Waals surface area contributed by atoms with Gasteiger partial charge < -0.3 is 5.32 Å². The molecule has 18 heavy (non-hydrogen) atoms. The summed E-state index contributed by atoms with van der Waals surface area (Å²) in [6, 6.07) is 8.07. The molecule has 1 aliphatic rings. The number of nitrogens with one attached hydrogen (secondary N) is 1. The van der Waals surface area contributed by atoms with E-state index in [9.17, 15) is 4.79 Å². The molecular weight excluding hydrogens is 290 g/mol. The first-order valence-electron chi connectivity index (χ1n) is 6.63. The Kier molecular flexibility index (Phi) is 4.44. The number of carbonyl (C=O) groups is 1. The molecule has 1 saturated carbocycles. The maximum absolute atomic E-state index is 12.3. The molecule has 1 aliphatic carbocycles. The molecule has 0 bridgehead atoms. The lowest BCUT2D eigenvalue weighted by atomic mass is 9.75. The summed E-state index contributed by atoms with van der Waals surface area (Å²) < 4.78 is 1.05. The number of amides is 1. The van der Waals surface area contributed by atoms with Crippen LogP contribution in [0.15, 0.2) is 28.7 Å². The fourth-order valence-corrected chi connectivity index (χ4v) is 3.05. The van der Waals surface area contributed by atoms with E-state index in [0.717, 1.165) is 22.9 Å². The molecule has 1 amide bonds. The molecule has 0 radical (unpaired) electrons. The van der Waals surface area contributed by atoms with Crippen molar-refractivity contribution in [3.8, 4) is 0 Å². The lowest BCUT2D eigenvalue weighted by Crippen LogP contribution is -2.39. The maximum Gasteiger partial charge on any atom is 0.226 e. The second kappa shape index (κ2) is 5.87. The van der Waals surface area contributed by atoms with Gasteiger partial charge in [0.15, 0.2) is 0 Å². The van der Waals surface area contributed by atoms with E-state index in [4.69, 9.17) is 0 Å². The summed E-state index contributed by atoms with van der Waals surface area (Å²) in [6.45, 7) is 2.72. The third-order valence-electron chi connectivity index (χ3n) is 3.85. The molecule has 0 aliphatic heterocycles. The summed E-state index contributed by atoms with van der Waals surface area (Å²) in [5, 5.41) is 3.08. The Labute approximate surface area is 117 Å². The fraction of sp³-hybridized carbons (Fsp3) is 0.533. The van der Waals surface area contributed by atoms with Gasteiger partial charge in [-0.05, 0) is 30.5 Å². The zero-order chi connectivity index (χ0) is 13.0. The Bertz CT molecular complexity index is 424. The van der Waals surface area contributed by atoms with Crippen LogP contribution in [-0.4, -0.2) is 5.91 Å². The van der Waals surface area contributed by atoms with E-state index in [2.05, 4.69) is 28.2 Å². The van der Waals surface area contributed by atoms with Crippen LogP contribution in [0.5, 0.6) is 0 Å². The van der Waals surface area contributed by atoms with Crippen LogP contribution in [0.1, 0.15) is 44.6 Å². The highest BCUT2D eigenvalue weighted by atomic mass is 79.9. The van der Waals surface area contributed by atoms with Crippen molar-refractivity contribution in [3.05, 3.63) is 34.3 Å². The highest BCUT2D eigenvalue weighted by Gasteiger charge is 2.34. The quantitative estimate of drug-likeness (QED) is 0.897. The highest BCUT2D eigenvalue weighted by molar-refractivity contribution is 9.10. The zero-order valence-corrected chi connectivity index (χ0v) is 12.4. The third-order valence-corrected chi connectivity index (χ3v) is 4.34. The zero-order valence-electron chi connectivity index (χ0n) is 10.8. The molecular formula is C15H20BrNO. The summed E-state index contributed by atoms with van der Waals surface area (Å²) in [5.74, 6) is 0.210. The van der Waals surface area contributed by atoms with Gasteiger partial charge in [-0.2, -0.15) is 0 Å². The van der Waals surface area contributed by atoms with Crippen LogP contribution in [0.3, 0.4) is 0 Å². The van der Waals surface area contributed by atoms with Gasteiger partial charge in [0.2, 0.25) is 5.91 Å². The van der Waals surface area contributed by atoms with Crippen molar-refractivity contribution >= 4 is 21.8 Å². The van der Waals surface area contributed by atoms with Gasteiger partial charge in [0, 0.05) is 16.4 Å². The van der Waals surface area contributed by atoms with Gasteiger partial charge in [-0.15, -0.1) is 0 Å². The van der Waals surface area contributed by atoms with E-state index >= 15 is 0 Å². The minimum atomic E-state index is -0.149. The van der Waals surface area contributed by atoms with Crippen molar-refractivity contribution in [1.82, 2.24) is 5.32 Å². The first-order valence-corrected chi connectivity index (χ1v) is 7.42. The van der Waals surface area contributed by atoms with E-state index in [1.54, 1.807) is 0 Å². The van der Waals surface area contributed by atoms with E-state index in [1.807, 2.05) is 24.3 Å². The topological polar surface area (TPSA) is 29.1 Å². The highest BCUT2D eigenvalue weighted by Crippen LogP contribution is 2.35. The van der Waals surface area contributed by atoms with Crippen LogP contribution in [0.4, 0.5) is 0 Å². The Morgan fingerprint density at radius 3 is 2.72 bits per heavy atom. The predicted molar refractivity (Wildman–Crippen MR) is 77.2 cm³/mol. The number of hydrogen-bond donors (Lipinski definition) is 1. The van der Waals surface area contributed by atoms with Crippen molar-refractivity contribution in [1.29, 1.82) is 0 Å². The molecule has 3 heteroatoms. The number of hydrogen-bond acceptors (Lipinski definition) is 1. The van der Waals surface area contributed by atoms with E-state index < -0.39 is 0 Å². The van der Waals surface area contributed by atoms with Crippen LogP contribution in [0.2, 0.25) is 0 Å². The van der Waals surface area contributed by atoms with Crippen LogP contribution in [0.25, 0.3) is 0 Å². The number of rotatable bonds is 3. The van der Waals surface area contributed by atoms with E-state index in [0.29, 0.717) is 6.54 Å². The molecule has 2 rings (SSSR count). The van der Waals surface area contributed by atoms with Gasteiger partial charge in [0.1, 0.15) is 0 Å². The van der Waals surface area contributed by atoms with Gasteiger partial charge in [-0.1, -0.05) is 54.2 Å². The van der Waals surface area contributed by atoms with Crippen LogP contribution in [0, 0.1) is 5.41 Å². The molecule has 0 unspecified atom stereocenters. The monoisotopic (exact) mass is 309 g/mol.